The molecule has 0 radical (unpaired) electrons. The van der Waals surface area contributed by atoms with Crippen molar-refractivity contribution < 1.29 is 4.79 Å². The molecule has 3 aromatic carbocycles. The van der Waals surface area contributed by atoms with E-state index < -0.39 is 0 Å². The average Bonchev–Trinajstić information content (AvgIpc) is 3.25. The average molecular weight is 444 g/mol. The summed E-state index contributed by atoms with van der Waals surface area (Å²) in [6.45, 7) is 9.73. The third-order valence-electron chi connectivity index (χ3n) is 5.78. The predicted molar refractivity (Wildman–Crippen MR) is 136 cm³/mol. The third-order valence-corrected chi connectivity index (χ3v) is 6.82. The summed E-state index contributed by atoms with van der Waals surface area (Å²) < 4.78 is 1.11. The minimum absolute atomic E-state index is 0.00690. The molecule has 0 N–H and O–H groups in total. The van der Waals surface area contributed by atoms with Gasteiger partial charge in [-0.05, 0) is 61.0 Å². The third kappa shape index (κ3) is 4.90. The van der Waals surface area contributed by atoms with Gasteiger partial charge in [-0.1, -0.05) is 73.7 Å². The van der Waals surface area contributed by atoms with Gasteiger partial charge in [-0.25, -0.2) is 4.98 Å². The molecule has 0 saturated carbocycles. The second-order valence-corrected chi connectivity index (χ2v) is 8.90. The number of rotatable bonds is 8. The van der Waals surface area contributed by atoms with Crippen molar-refractivity contribution in [1.29, 1.82) is 0 Å². The second-order valence-electron chi connectivity index (χ2n) is 7.89. The number of hydrogen-bond acceptors (Lipinski definition) is 4. The highest BCUT2D eigenvalue weighted by Crippen LogP contribution is 2.31. The van der Waals surface area contributed by atoms with Crippen LogP contribution in [0.25, 0.3) is 21.3 Å². The number of aromatic nitrogens is 1. The zero-order chi connectivity index (χ0) is 22.5. The number of fused-ring (bicyclic) bond motifs is 1. The standard InChI is InChI=1S/C27H29N3OS/c1-4-29(5-2)17-18-30(27-28-24-16-11-20(3)19-25(24)32-27)26(31)23-14-12-22(13-15-23)21-9-7-6-8-10-21/h6-16,19H,4-5,17-18H2,1-3H3. The number of thiazole rings is 1. The molecule has 1 aromatic heterocycles. The fourth-order valence-electron chi connectivity index (χ4n) is 3.79. The highest BCUT2D eigenvalue weighted by Gasteiger charge is 2.22. The molecule has 0 saturated heterocycles. The molecule has 0 fully saturated rings. The summed E-state index contributed by atoms with van der Waals surface area (Å²) in [5, 5.41) is 0.759. The quantitative estimate of drug-likeness (QED) is 0.322. The normalized spacial score (nSPS) is 11.2. The topological polar surface area (TPSA) is 36.4 Å². The smallest absolute Gasteiger partial charge is 0.260 e. The summed E-state index contributed by atoms with van der Waals surface area (Å²) >= 11 is 1.58. The number of hydrogen-bond donors (Lipinski definition) is 0. The molecule has 0 aliphatic carbocycles. The van der Waals surface area contributed by atoms with Crippen LogP contribution in [-0.2, 0) is 0 Å². The SMILES string of the molecule is CCN(CC)CCN(C(=O)c1ccc(-c2ccccc2)cc1)c1nc2ccc(C)cc2s1. The van der Waals surface area contributed by atoms with Gasteiger partial charge in [-0.2, -0.15) is 0 Å². The minimum atomic E-state index is -0.00690. The summed E-state index contributed by atoms with van der Waals surface area (Å²) in [7, 11) is 0. The van der Waals surface area contributed by atoms with Crippen LogP contribution in [-0.4, -0.2) is 42.0 Å². The Morgan fingerprint density at radius 2 is 1.56 bits per heavy atom. The summed E-state index contributed by atoms with van der Waals surface area (Å²) in [6.07, 6.45) is 0. The maximum Gasteiger partial charge on any atom is 0.260 e. The van der Waals surface area contributed by atoms with Gasteiger partial charge in [-0.3, -0.25) is 9.69 Å². The number of amides is 1. The lowest BCUT2D eigenvalue weighted by atomic mass is 10.0. The van der Waals surface area contributed by atoms with E-state index in [2.05, 4.69) is 49.9 Å². The summed E-state index contributed by atoms with van der Waals surface area (Å²) in [6, 6.07) is 24.3. The number of aryl methyl sites for hydroxylation is 1. The maximum absolute atomic E-state index is 13.6. The Balaban J connectivity index is 1.64. The molecule has 4 rings (SSSR count). The molecular formula is C27H29N3OS. The van der Waals surface area contributed by atoms with Gasteiger partial charge in [0.2, 0.25) is 0 Å². The van der Waals surface area contributed by atoms with E-state index in [1.54, 1.807) is 11.3 Å². The molecule has 0 spiro atoms. The largest absolute Gasteiger partial charge is 0.302 e. The van der Waals surface area contributed by atoms with Crippen LogP contribution in [0.5, 0.6) is 0 Å². The first-order chi connectivity index (χ1) is 15.6. The van der Waals surface area contributed by atoms with Gasteiger partial charge in [0, 0.05) is 18.7 Å². The van der Waals surface area contributed by atoms with E-state index in [0.29, 0.717) is 12.1 Å². The molecule has 164 valence electrons. The van der Waals surface area contributed by atoms with Crippen LogP contribution in [0.1, 0.15) is 29.8 Å². The van der Waals surface area contributed by atoms with Gasteiger partial charge in [0.15, 0.2) is 5.13 Å². The number of anilines is 1. The Kier molecular flexibility index (Phi) is 6.98. The van der Waals surface area contributed by atoms with Gasteiger partial charge < -0.3 is 4.90 Å². The summed E-state index contributed by atoms with van der Waals surface area (Å²) in [4.78, 5) is 22.6. The maximum atomic E-state index is 13.6. The fourth-order valence-corrected chi connectivity index (χ4v) is 4.88. The predicted octanol–water partition coefficient (Wildman–Crippen LogP) is 6.26. The molecule has 4 nitrogen and oxygen atoms in total. The highest BCUT2D eigenvalue weighted by atomic mass is 32.1. The second kappa shape index (κ2) is 10.1. The van der Waals surface area contributed by atoms with E-state index in [1.165, 1.54) is 5.56 Å². The Hall–Kier alpha value is -3.02. The zero-order valence-corrected chi connectivity index (χ0v) is 19.7. The molecular weight excluding hydrogens is 414 g/mol. The highest BCUT2D eigenvalue weighted by molar-refractivity contribution is 7.22. The van der Waals surface area contributed by atoms with Crippen molar-refractivity contribution in [2.45, 2.75) is 20.8 Å². The lowest BCUT2D eigenvalue weighted by molar-refractivity contribution is 0.0984. The zero-order valence-electron chi connectivity index (χ0n) is 18.9. The first-order valence-corrected chi connectivity index (χ1v) is 12.0. The number of likely N-dealkylation sites (N-methyl/N-ethyl adjacent to an activating group) is 1. The van der Waals surface area contributed by atoms with Crippen LogP contribution in [0.2, 0.25) is 0 Å². The Morgan fingerprint density at radius 3 is 2.25 bits per heavy atom. The summed E-state index contributed by atoms with van der Waals surface area (Å²) in [5.74, 6) is -0.00690. The van der Waals surface area contributed by atoms with Crippen molar-refractivity contribution in [1.82, 2.24) is 9.88 Å². The van der Waals surface area contributed by atoms with Crippen molar-refractivity contribution in [3.8, 4) is 11.1 Å². The van der Waals surface area contributed by atoms with E-state index in [1.807, 2.05) is 53.4 Å². The van der Waals surface area contributed by atoms with Gasteiger partial charge >= 0.3 is 0 Å². The molecule has 0 atom stereocenters. The number of benzene rings is 3. The van der Waals surface area contributed by atoms with E-state index in [-0.39, 0.29) is 5.91 Å². The van der Waals surface area contributed by atoms with Crippen molar-refractivity contribution >= 4 is 32.6 Å². The van der Waals surface area contributed by atoms with E-state index in [4.69, 9.17) is 4.98 Å². The van der Waals surface area contributed by atoms with Crippen molar-refractivity contribution in [2.75, 3.05) is 31.1 Å². The molecule has 32 heavy (non-hydrogen) atoms. The van der Waals surface area contributed by atoms with Gasteiger partial charge in [0.05, 0.1) is 10.2 Å². The lowest BCUT2D eigenvalue weighted by Crippen LogP contribution is -2.38. The molecule has 0 unspecified atom stereocenters. The number of carbonyl (C=O) groups excluding carboxylic acids is 1. The van der Waals surface area contributed by atoms with Crippen LogP contribution in [0.15, 0.2) is 72.8 Å². The lowest BCUT2D eigenvalue weighted by Gasteiger charge is -2.24. The van der Waals surface area contributed by atoms with Crippen molar-refractivity contribution in [3.63, 3.8) is 0 Å². The van der Waals surface area contributed by atoms with Crippen LogP contribution < -0.4 is 4.90 Å². The Bertz CT molecular complexity index is 1180. The molecule has 0 bridgehead atoms. The minimum Gasteiger partial charge on any atom is -0.302 e. The fraction of sp³-hybridized carbons (Fsp3) is 0.259. The van der Waals surface area contributed by atoms with E-state index >= 15 is 0 Å². The first-order valence-electron chi connectivity index (χ1n) is 11.2. The molecule has 1 heterocycles. The molecule has 1 amide bonds. The molecule has 5 heteroatoms. The van der Waals surface area contributed by atoms with Crippen LogP contribution >= 0.6 is 11.3 Å². The van der Waals surface area contributed by atoms with Crippen molar-refractivity contribution in [3.05, 3.63) is 83.9 Å². The van der Waals surface area contributed by atoms with Crippen molar-refractivity contribution in [2.24, 2.45) is 0 Å². The van der Waals surface area contributed by atoms with Crippen LogP contribution in [0.4, 0.5) is 5.13 Å². The summed E-state index contributed by atoms with van der Waals surface area (Å²) in [5.41, 5.74) is 5.07. The Labute approximate surface area is 194 Å². The Morgan fingerprint density at radius 1 is 0.875 bits per heavy atom. The van der Waals surface area contributed by atoms with Crippen LogP contribution in [0.3, 0.4) is 0 Å². The van der Waals surface area contributed by atoms with E-state index in [0.717, 1.165) is 46.1 Å². The van der Waals surface area contributed by atoms with Gasteiger partial charge in [0.1, 0.15) is 0 Å². The van der Waals surface area contributed by atoms with Gasteiger partial charge in [0.25, 0.3) is 5.91 Å². The number of nitrogens with zero attached hydrogens (tertiary/aromatic N) is 3. The molecule has 0 aliphatic rings. The monoisotopic (exact) mass is 443 g/mol. The van der Waals surface area contributed by atoms with E-state index in [9.17, 15) is 4.79 Å². The molecule has 0 aliphatic heterocycles. The molecule has 4 aromatic rings. The van der Waals surface area contributed by atoms with Crippen LogP contribution in [0, 0.1) is 6.92 Å². The van der Waals surface area contributed by atoms with Gasteiger partial charge in [-0.15, -0.1) is 0 Å². The first kappa shape index (κ1) is 22.2. The number of carbonyl (C=O) groups is 1.